The minimum Gasteiger partial charge on any atom is -0.359 e. The van der Waals surface area contributed by atoms with Crippen LogP contribution in [0.3, 0.4) is 0 Å². The molecule has 1 aliphatic carbocycles. The van der Waals surface area contributed by atoms with Crippen molar-refractivity contribution in [3.63, 3.8) is 0 Å². The third-order valence-electron chi connectivity index (χ3n) is 3.27. The van der Waals surface area contributed by atoms with Crippen molar-refractivity contribution in [2.75, 3.05) is 5.32 Å². The average molecular weight is 253 g/mol. The molecule has 1 saturated carbocycles. The Labute approximate surface area is 108 Å². The largest absolute Gasteiger partial charge is 0.359 e. The number of thiazole rings is 1. The number of anilines is 1. The standard InChI is InChI=1S/C13H23N3S/c1-10(14)8-12-9-17-13(16-12)15-11-6-4-2-3-5-7-11/h9-11H,2-8,14H2,1H3,(H,15,16). The van der Waals surface area contributed by atoms with Crippen LogP contribution in [0.1, 0.15) is 51.1 Å². The minimum atomic E-state index is 0.197. The van der Waals surface area contributed by atoms with Gasteiger partial charge in [-0.25, -0.2) is 4.98 Å². The zero-order chi connectivity index (χ0) is 12.1. The van der Waals surface area contributed by atoms with Gasteiger partial charge in [0, 0.05) is 23.9 Å². The minimum absolute atomic E-state index is 0.197. The molecule has 1 aromatic rings. The van der Waals surface area contributed by atoms with Gasteiger partial charge in [0.2, 0.25) is 0 Å². The Morgan fingerprint density at radius 3 is 2.76 bits per heavy atom. The highest BCUT2D eigenvalue weighted by atomic mass is 32.1. The van der Waals surface area contributed by atoms with E-state index in [1.807, 2.05) is 6.92 Å². The molecule has 1 heterocycles. The van der Waals surface area contributed by atoms with Gasteiger partial charge in [-0.1, -0.05) is 25.7 Å². The molecule has 0 amide bonds. The van der Waals surface area contributed by atoms with E-state index < -0.39 is 0 Å². The van der Waals surface area contributed by atoms with E-state index >= 15 is 0 Å². The molecule has 4 heteroatoms. The summed E-state index contributed by atoms with van der Waals surface area (Å²) in [5.41, 5.74) is 6.91. The molecule has 3 nitrogen and oxygen atoms in total. The van der Waals surface area contributed by atoms with Gasteiger partial charge < -0.3 is 11.1 Å². The van der Waals surface area contributed by atoms with Gasteiger partial charge in [0.15, 0.2) is 5.13 Å². The van der Waals surface area contributed by atoms with Gasteiger partial charge >= 0.3 is 0 Å². The van der Waals surface area contributed by atoms with Crippen molar-refractivity contribution < 1.29 is 0 Å². The smallest absolute Gasteiger partial charge is 0.183 e. The molecule has 0 bridgehead atoms. The fraction of sp³-hybridized carbons (Fsp3) is 0.769. The van der Waals surface area contributed by atoms with Crippen LogP contribution in [0.25, 0.3) is 0 Å². The molecule has 2 rings (SSSR count). The molecule has 17 heavy (non-hydrogen) atoms. The van der Waals surface area contributed by atoms with Crippen LogP contribution in [0, 0.1) is 0 Å². The van der Waals surface area contributed by atoms with E-state index in [0.717, 1.165) is 17.2 Å². The van der Waals surface area contributed by atoms with Gasteiger partial charge in [-0.05, 0) is 19.8 Å². The zero-order valence-corrected chi connectivity index (χ0v) is 11.4. The van der Waals surface area contributed by atoms with Crippen LogP contribution in [-0.2, 0) is 6.42 Å². The highest BCUT2D eigenvalue weighted by molar-refractivity contribution is 7.13. The van der Waals surface area contributed by atoms with Gasteiger partial charge in [-0.2, -0.15) is 0 Å². The number of nitrogens with zero attached hydrogens (tertiary/aromatic N) is 1. The molecule has 0 aromatic carbocycles. The predicted octanol–water partition coefficient (Wildman–Crippen LogP) is 3.17. The fourth-order valence-electron chi connectivity index (χ4n) is 2.40. The lowest BCUT2D eigenvalue weighted by Gasteiger charge is -2.14. The third kappa shape index (κ3) is 4.28. The van der Waals surface area contributed by atoms with Crippen LogP contribution >= 0.6 is 11.3 Å². The zero-order valence-electron chi connectivity index (χ0n) is 10.6. The number of nitrogens with one attached hydrogen (secondary N) is 1. The van der Waals surface area contributed by atoms with Crippen molar-refractivity contribution in [3.05, 3.63) is 11.1 Å². The van der Waals surface area contributed by atoms with E-state index in [2.05, 4.69) is 15.7 Å². The molecular formula is C13H23N3S. The quantitative estimate of drug-likeness (QED) is 0.810. The fourth-order valence-corrected chi connectivity index (χ4v) is 3.20. The highest BCUT2D eigenvalue weighted by Crippen LogP contribution is 2.23. The normalized spacial score (nSPS) is 19.9. The lowest BCUT2D eigenvalue weighted by Crippen LogP contribution is -2.19. The van der Waals surface area contributed by atoms with Crippen LogP contribution in [0.4, 0.5) is 5.13 Å². The first-order valence-electron chi connectivity index (χ1n) is 6.70. The summed E-state index contributed by atoms with van der Waals surface area (Å²) in [5, 5.41) is 6.78. The van der Waals surface area contributed by atoms with Crippen LogP contribution in [0.5, 0.6) is 0 Å². The summed E-state index contributed by atoms with van der Waals surface area (Å²) < 4.78 is 0. The van der Waals surface area contributed by atoms with Crippen molar-refractivity contribution in [1.29, 1.82) is 0 Å². The van der Waals surface area contributed by atoms with E-state index in [0.29, 0.717) is 6.04 Å². The molecule has 1 unspecified atom stereocenters. The van der Waals surface area contributed by atoms with Gasteiger partial charge in [0.1, 0.15) is 0 Å². The SMILES string of the molecule is CC(N)Cc1csc(NC2CCCCCC2)n1. The lowest BCUT2D eigenvalue weighted by atomic mass is 10.1. The Morgan fingerprint density at radius 1 is 1.41 bits per heavy atom. The molecular weight excluding hydrogens is 230 g/mol. The number of rotatable bonds is 4. The van der Waals surface area contributed by atoms with Crippen LogP contribution in [0.2, 0.25) is 0 Å². The first-order valence-corrected chi connectivity index (χ1v) is 7.58. The number of hydrogen-bond donors (Lipinski definition) is 2. The van der Waals surface area contributed by atoms with Gasteiger partial charge in [-0.3, -0.25) is 0 Å². The molecule has 1 aliphatic rings. The van der Waals surface area contributed by atoms with Crippen molar-refractivity contribution in [3.8, 4) is 0 Å². The molecule has 1 atom stereocenters. The summed E-state index contributed by atoms with van der Waals surface area (Å²) in [7, 11) is 0. The Morgan fingerprint density at radius 2 is 2.12 bits per heavy atom. The molecule has 1 fully saturated rings. The lowest BCUT2D eigenvalue weighted by molar-refractivity contribution is 0.619. The van der Waals surface area contributed by atoms with Crippen LogP contribution in [0.15, 0.2) is 5.38 Å². The summed E-state index contributed by atoms with van der Waals surface area (Å²) in [6.07, 6.45) is 8.97. The van der Waals surface area contributed by atoms with Gasteiger partial charge in [0.25, 0.3) is 0 Å². The second-order valence-corrected chi connectivity index (χ2v) is 6.02. The maximum Gasteiger partial charge on any atom is 0.183 e. The van der Waals surface area contributed by atoms with E-state index in [9.17, 15) is 0 Å². The molecule has 0 aliphatic heterocycles. The number of aromatic nitrogens is 1. The molecule has 1 aromatic heterocycles. The summed E-state index contributed by atoms with van der Waals surface area (Å²) in [5.74, 6) is 0. The molecule has 96 valence electrons. The average Bonchev–Trinajstić information content (AvgIpc) is 2.54. The van der Waals surface area contributed by atoms with Crippen LogP contribution < -0.4 is 11.1 Å². The molecule has 0 saturated heterocycles. The summed E-state index contributed by atoms with van der Waals surface area (Å²) >= 11 is 1.71. The second-order valence-electron chi connectivity index (χ2n) is 5.16. The molecule has 3 N–H and O–H groups in total. The van der Waals surface area contributed by atoms with Crippen molar-refractivity contribution in [2.24, 2.45) is 5.73 Å². The Hall–Kier alpha value is -0.610. The van der Waals surface area contributed by atoms with E-state index in [4.69, 9.17) is 5.73 Å². The van der Waals surface area contributed by atoms with Crippen molar-refractivity contribution >= 4 is 16.5 Å². The molecule has 0 radical (unpaired) electrons. The van der Waals surface area contributed by atoms with Gasteiger partial charge in [0.05, 0.1) is 5.69 Å². The molecule has 0 spiro atoms. The third-order valence-corrected chi connectivity index (χ3v) is 4.09. The summed E-state index contributed by atoms with van der Waals surface area (Å²) in [6.45, 7) is 2.03. The highest BCUT2D eigenvalue weighted by Gasteiger charge is 2.13. The second kappa shape index (κ2) is 6.36. The van der Waals surface area contributed by atoms with E-state index in [-0.39, 0.29) is 6.04 Å². The number of nitrogens with two attached hydrogens (primary N) is 1. The topological polar surface area (TPSA) is 50.9 Å². The maximum atomic E-state index is 5.78. The predicted molar refractivity (Wildman–Crippen MR) is 74.6 cm³/mol. The monoisotopic (exact) mass is 253 g/mol. The van der Waals surface area contributed by atoms with E-state index in [1.54, 1.807) is 11.3 Å². The van der Waals surface area contributed by atoms with Crippen molar-refractivity contribution in [1.82, 2.24) is 4.98 Å². The van der Waals surface area contributed by atoms with Gasteiger partial charge in [-0.15, -0.1) is 11.3 Å². The first kappa shape index (κ1) is 12.8. The maximum absolute atomic E-state index is 5.78. The summed E-state index contributed by atoms with van der Waals surface area (Å²) in [4.78, 5) is 4.60. The Bertz CT molecular complexity index is 327. The van der Waals surface area contributed by atoms with E-state index in [1.165, 1.54) is 38.5 Å². The van der Waals surface area contributed by atoms with Crippen molar-refractivity contribution in [2.45, 2.75) is 64.0 Å². The first-order chi connectivity index (χ1) is 8.24. The summed E-state index contributed by atoms with van der Waals surface area (Å²) in [6, 6.07) is 0.828. The Kier molecular flexibility index (Phi) is 4.80. The number of hydrogen-bond acceptors (Lipinski definition) is 4. The Balaban J connectivity index is 1.86. The van der Waals surface area contributed by atoms with Crippen LogP contribution in [-0.4, -0.2) is 17.1 Å².